The normalized spacial score (nSPS) is 11.7. The van der Waals surface area contributed by atoms with Gasteiger partial charge in [0.1, 0.15) is 5.82 Å². The Balaban J connectivity index is 2.63. The van der Waals surface area contributed by atoms with E-state index in [4.69, 9.17) is 10.2 Å². The highest BCUT2D eigenvalue weighted by Crippen LogP contribution is 2.17. The molecule has 1 aromatic rings. The lowest BCUT2D eigenvalue weighted by Gasteiger charge is -2.25. The van der Waals surface area contributed by atoms with Gasteiger partial charge in [-0.05, 0) is 13.3 Å². The van der Waals surface area contributed by atoms with Crippen molar-refractivity contribution in [3.63, 3.8) is 0 Å². The maximum atomic E-state index is 9.09. The molecule has 1 rings (SSSR count). The molecule has 5 nitrogen and oxygen atoms in total. The van der Waals surface area contributed by atoms with E-state index in [1.54, 1.807) is 6.92 Å². The minimum atomic E-state index is -0.733. The van der Waals surface area contributed by atoms with Gasteiger partial charge in [0.25, 0.3) is 0 Å². The third kappa shape index (κ3) is 3.40. The van der Waals surface area contributed by atoms with Gasteiger partial charge < -0.3 is 15.5 Å². The van der Waals surface area contributed by atoms with Crippen LogP contribution in [0.1, 0.15) is 26.1 Å². The molecule has 0 unspecified atom stereocenters. The standard InChI is InChI=1S/C9H17N3O2S/c1-3-4-7-10-8(15-12-7)11-9(2,5-13)6-14/h13-14H,3-6H2,1-2H3,(H,10,11,12). The summed E-state index contributed by atoms with van der Waals surface area (Å²) in [7, 11) is 0. The fourth-order valence-electron chi connectivity index (χ4n) is 1.02. The van der Waals surface area contributed by atoms with Crippen molar-refractivity contribution >= 4 is 16.7 Å². The van der Waals surface area contributed by atoms with Crippen LogP contribution in [0.5, 0.6) is 0 Å². The number of aliphatic hydroxyl groups is 2. The number of aliphatic hydroxyl groups excluding tert-OH is 2. The molecule has 86 valence electrons. The first kappa shape index (κ1) is 12.4. The molecule has 0 saturated heterocycles. The number of hydrogen-bond acceptors (Lipinski definition) is 6. The Labute approximate surface area is 93.3 Å². The monoisotopic (exact) mass is 231 g/mol. The molecule has 0 bridgehead atoms. The quantitative estimate of drug-likeness (QED) is 0.670. The molecule has 15 heavy (non-hydrogen) atoms. The van der Waals surface area contributed by atoms with Gasteiger partial charge in [0.05, 0.1) is 18.8 Å². The minimum absolute atomic E-state index is 0.147. The van der Waals surface area contributed by atoms with Gasteiger partial charge in [-0.15, -0.1) is 0 Å². The zero-order valence-corrected chi connectivity index (χ0v) is 9.84. The third-order valence-electron chi connectivity index (χ3n) is 2.05. The number of aromatic nitrogens is 2. The zero-order chi connectivity index (χ0) is 11.3. The van der Waals surface area contributed by atoms with Crippen LogP contribution >= 0.6 is 11.5 Å². The lowest BCUT2D eigenvalue weighted by atomic mass is 10.1. The molecule has 1 heterocycles. The Morgan fingerprint density at radius 3 is 2.60 bits per heavy atom. The van der Waals surface area contributed by atoms with Crippen molar-refractivity contribution in [1.82, 2.24) is 9.36 Å². The van der Waals surface area contributed by atoms with Crippen molar-refractivity contribution in [3.05, 3.63) is 5.82 Å². The number of rotatable bonds is 6. The Morgan fingerprint density at radius 2 is 2.07 bits per heavy atom. The molecular formula is C9H17N3O2S. The van der Waals surface area contributed by atoms with Gasteiger partial charge >= 0.3 is 0 Å². The van der Waals surface area contributed by atoms with Crippen LogP contribution in [0, 0.1) is 0 Å². The third-order valence-corrected chi connectivity index (χ3v) is 2.72. The maximum Gasteiger partial charge on any atom is 0.203 e. The predicted molar refractivity (Wildman–Crippen MR) is 60.1 cm³/mol. The van der Waals surface area contributed by atoms with Crippen molar-refractivity contribution in [2.24, 2.45) is 0 Å². The topological polar surface area (TPSA) is 78.3 Å². The minimum Gasteiger partial charge on any atom is -0.394 e. The fourth-order valence-corrected chi connectivity index (χ4v) is 1.78. The van der Waals surface area contributed by atoms with Crippen molar-refractivity contribution in [3.8, 4) is 0 Å². The molecule has 0 aliphatic rings. The molecule has 0 atom stereocenters. The van der Waals surface area contributed by atoms with Gasteiger partial charge in [-0.1, -0.05) is 6.92 Å². The van der Waals surface area contributed by atoms with Crippen LogP contribution in [0.25, 0.3) is 0 Å². The van der Waals surface area contributed by atoms with E-state index in [9.17, 15) is 0 Å². The first-order valence-corrected chi connectivity index (χ1v) is 5.73. The molecule has 0 aliphatic carbocycles. The van der Waals surface area contributed by atoms with Gasteiger partial charge in [0.15, 0.2) is 0 Å². The molecule has 0 radical (unpaired) electrons. The summed E-state index contributed by atoms with van der Waals surface area (Å²) < 4.78 is 4.16. The molecule has 0 amide bonds. The lowest BCUT2D eigenvalue weighted by molar-refractivity contribution is 0.147. The van der Waals surface area contributed by atoms with Crippen LogP contribution in [-0.2, 0) is 6.42 Å². The molecule has 0 saturated carbocycles. The molecule has 0 aromatic carbocycles. The summed E-state index contributed by atoms with van der Waals surface area (Å²) in [5.74, 6) is 0.809. The molecule has 3 N–H and O–H groups in total. The van der Waals surface area contributed by atoms with E-state index >= 15 is 0 Å². The van der Waals surface area contributed by atoms with Gasteiger partial charge in [-0.2, -0.15) is 4.37 Å². The summed E-state index contributed by atoms with van der Waals surface area (Å²) in [6.07, 6.45) is 1.86. The summed E-state index contributed by atoms with van der Waals surface area (Å²) in [6, 6.07) is 0. The fraction of sp³-hybridized carbons (Fsp3) is 0.778. The van der Waals surface area contributed by atoms with E-state index in [0.717, 1.165) is 18.7 Å². The first-order valence-electron chi connectivity index (χ1n) is 4.96. The SMILES string of the molecule is CCCc1nsc(NC(C)(CO)CO)n1. The zero-order valence-electron chi connectivity index (χ0n) is 9.03. The van der Waals surface area contributed by atoms with E-state index in [2.05, 4.69) is 21.6 Å². The predicted octanol–water partition coefficient (Wildman–Crippen LogP) is 0.646. The van der Waals surface area contributed by atoms with E-state index in [1.807, 2.05) is 0 Å². The smallest absolute Gasteiger partial charge is 0.203 e. The number of nitrogens with zero attached hydrogens (tertiary/aromatic N) is 2. The maximum absolute atomic E-state index is 9.09. The first-order chi connectivity index (χ1) is 7.13. The second kappa shape index (κ2) is 5.39. The van der Waals surface area contributed by atoms with Crippen molar-refractivity contribution in [1.29, 1.82) is 0 Å². The molecule has 0 fully saturated rings. The molecule has 0 aliphatic heterocycles. The van der Waals surface area contributed by atoms with E-state index in [1.165, 1.54) is 11.5 Å². The van der Waals surface area contributed by atoms with Gasteiger partial charge in [0.2, 0.25) is 5.13 Å². The lowest BCUT2D eigenvalue weighted by Crippen LogP contribution is -2.42. The number of nitrogens with one attached hydrogen (secondary N) is 1. The largest absolute Gasteiger partial charge is 0.394 e. The van der Waals surface area contributed by atoms with Crippen LogP contribution in [0.2, 0.25) is 0 Å². The summed E-state index contributed by atoms with van der Waals surface area (Å²) in [6.45, 7) is 3.51. The number of anilines is 1. The van der Waals surface area contributed by atoms with E-state index in [0.29, 0.717) is 5.13 Å². The Kier molecular flexibility index (Phi) is 4.44. The number of aryl methyl sites for hydroxylation is 1. The Hall–Kier alpha value is -0.720. The Morgan fingerprint density at radius 1 is 1.40 bits per heavy atom. The Bertz CT molecular complexity index is 299. The van der Waals surface area contributed by atoms with Crippen LogP contribution in [0.15, 0.2) is 0 Å². The average molecular weight is 231 g/mol. The molecule has 1 aromatic heterocycles. The summed E-state index contributed by atoms with van der Waals surface area (Å²) in [4.78, 5) is 4.25. The van der Waals surface area contributed by atoms with Crippen molar-refractivity contribution in [2.45, 2.75) is 32.2 Å². The van der Waals surface area contributed by atoms with Crippen molar-refractivity contribution in [2.75, 3.05) is 18.5 Å². The van der Waals surface area contributed by atoms with Gasteiger partial charge in [0, 0.05) is 18.0 Å². The second-order valence-corrected chi connectivity index (χ2v) is 4.52. The van der Waals surface area contributed by atoms with Gasteiger partial charge in [-0.3, -0.25) is 0 Å². The van der Waals surface area contributed by atoms with Crippen LogP contribution in [0.4, 0.5) is 5.13 Å². The summed E-state index contributed by atoms with van der Waals surface area (Å²) in [5, 5.41) is 21.8. The van der Waals surface area contributed by atoms with Crippen LogP contribution < -0.4 is 5.32 Å². The van der Waals surface area contributed by atoms with Crippen LogP contribution in [0.3, 0.4) is 0 Å². The molecule has 0 spiro atoms. The number of hydrogen-bond donors (Lipinski definition) is 3. The highest BCUT2D eigenvalue weighted by atomic mass is 32.1. The second-order valence-electron chi connectivity index (χ2n) is 3.77. The van der Waals surface area contributed by atoms with Gasteiger partial charge in [-0.25, -0.2) is 4.98 Å². The van der Waals surface area contributed by atoms with E-state index in [-0.39, 0.29) is 13.2 Å². The summed E-state index contributed by atoms with van der Waals surface area (Å²) in [5.41, 5.74) is -0.733. The van der Waals surface area contributed by atoms with E-state index < -0.39 is 5.54 Å². The average Bonchev–Trinajstić information content (AvgIpc) is 2.66. The molecular weight excluding hydrogens is 214 g/mol. The highest BCUT2D eigenvalue weighted by molar-refractivity contribution is 7.09. The highest BCUT2D eigenvalue weighted by Gasteiger charge is 2.23. The molecule has 6 heteroatoms. The van der Waals surface area contributed by atoms with Crippen LogP contribution in [-0.4, -0.2) is 38.3 Å². The van der Waals surface area contributed by atoms with Crippen molar-refractivity contribution < 1.29 is 10.2 Å². The summed E-state index contributed by atoms with van der Waals surface area (Å²) >= 11 is 1.25.